The first-order valence-corrected chi connectivity index (χ1v) is 15.4. The molecule has 0 N–H and O–H groups in total. The van der Waals surface area contributed by atoms with Crippen LogP contribution in [0.3, 0.4) is 0 Å². The molecule has 2 rings (SSSR count). The predicted octanol–water partition coefficient (Wildman–Crippen LogP) is 11.1. The van der Waals surface area contributed by atoms with Crippen LogP contribution >= 0.6 is 0 Å². The molecule has 0 aliphatic heterocycles. The molecule has 0 fully saturated rings. The summed E-state index contributed by atoms with van der Waals surface area (Å²) in [6.45, 7) is 2.58. The Balaban J connectivity index is 1.98. The second kappa shape index (κ2) is 16.9. The Labute approximate surface area is 286 Å². The number of unbranched alkanes of at least 4 members (excludes halogenated alkanes) is 7. The van der Waals surface area contributed by atoms with Crippen molar-refractivity contribution >= 4 is 11.9 Å². The summed E-state index contributed by atoms with van der Waals surface area (Å²) < 4.78 is 215. The molecule has 20 heteroatoms. The van der Waals surface area contributed by atoms with E-state index >= 15 is 0 Å². The Morgan fingerprint density at radius 2 is 0.904 bits per heavy atom. The molecule has 0 spiro atoms. The highest BCUT2D eigenvalue weighted by Crippen LogP contribution is 2.62. The van der Waals surface area contributed by atoms with Crippen LogP contribution in [0.2, 0.25) is 0 Å². The molecule has 0 bridgehead atoms. The number of hydrogen-bond acceptors (Lipinski definition) is 5. The van der Waals surface area contributed by atoms with E-state index in [-0.39, 0.29) is 11.3 Å². The first-order chi connectivity index (χ1) is 23.8. The van der Waals surface area contributed by atoms with Gasteiger partial charge in [0.25, 0.3) is 0 Å². The lowest BCUT2D eigenvalue weighted by Gasteiger charge is -2.41. The van der Waals surface area contributed by atoms with E-state index in [1.165, 1.54) is 49.9 Å². The lowest BCUT2D eigenvalue weighted by Crippen LogP contribution is -2.72. The van der Waals surface area contributed by atoms with E-state index in [0.29, 0.717) is 24.5 Å². The van der Waals surface area contributed by atoms with Gasteiger partial charge < -0.3 is 14.2 Å². The number of hydrogen-bond donors (Lipinski definition) is 0. The Bertz CT molecular complexity index is 1460. The van der Waals surface area contributed by atoms with Gasteiger partial charge in [0.1, 0.15) is 23.7 Å². The monoisotopic (exact) mass is 780 g/mol. The second-order valence-electron chi connectivity index (χ2n) is 11.4. The highest BCUT2D eigenvalue weighted by atomic mass is 19.4. The first-order valence-electron chi connectivity index (χ1n) is 15.4. The summed E-state index contributed by atoms with van der Waals surface area (Å²) in [5.74, 6) is -52.1. The average Bonchev–Trinajstić information content (AvgIpc) is 3.03. The summed E-state index contributed by atoms with van der Waals surface area (Å²) in [5, 5.41) is 0. The zero-order valence-electron chi connectivity index (χ0n) is 26.9. The van der Waals surface area contributed by atoms with Crippen LogP contribution in [0.5, 0.6) is 17.2 Å². The zero-order valence-corrected chi connectivity index (χ0v) is 26.9. The van der Waals surface area contributed by atoms with Crippen molar-refractivity contribution in [3.8, 4) is 17.2 Å². The van der Waals surface area contributed by atoms with Gasteiger partial charge in [0.05, 0.1) is 12.2 Å². The van der Waals surface area contributed by atoms with Crippen molar-refractivity contribution in [1.29, 1.82) is 0 Å². The SMILES string of the molecule is CCCCCCCCCCOc1ccc(C(=O)Oc2ccc(OC(=O)CC(F)(F)C(F)(F)C(F)(F)C(F)(F)C(F)(F)C(F)(F)C(F)(F)F)cc2)cc1. The van der Waals surface area contributed by atoms with Crippen LogP contribution in [0, 0.1) is 0 Å². The topological polar surface area (TPSA) is 61.8 Å². The molecule has 0 saturated heterocycles. The highest BCUT2D eigenvalue weighted by molar-refractivity contribution is 5.91. The summed E-state index contributed by atoms with van der Waals surface area (Å²) in [6, 6.07) is 8.77. The lowest BCUT2D eigenvalue weighted by atomic mass is 9.90. The van der Waals surface area contributed by atoms with Crippen LogP contribution in [0.4, 0.5) is 65.9 Å². The highest BCUT2D eigenvalue weighted by Gasteiger charge is 2.93. The van der Waals surface area contributed by atoms with E-state index in [1.807, 2.05) is 0 Å². The van der Waals surface area contributed by atoms with Gasteiger partial charge in [-0.15, -0.1) is 0 Å². The van der Waals surface area contributed by atoms with E-state index < -0.39 is 65.8 Å². The molecule has 0 unspecified atom stereocenters. The smallest absolute Gasteiger partial charge is 0.460 e. The van der Waals surface area contributed by atoms with Gasteiger partial charge in [-0.2, -0.15) is 65.9 Å². The second-order valence-corrected chi connectivity index (χ2v) is 11.4. The van der Waals surface area contributed by atoms with Crippen LogP contribution in [-0.2, 0) is 4.79 Å². The normalized spacial score (nSPS) is 13.5. The number of benzene rings is 2. The quantitative estimate of drug-likeness (QED) is 0.0580. The largest absolute Gasteiger partial charge is 0.494 e. The Morgan fingerprint density at radius 1 is 0.500 bits per heavy atom. The third-order valence-electron chi connectivity index (χ3n) is 7.38. The van der Waals surface area contributed by atoms with Crippen LogP contribution in [-0.4, -0.2) is 60.3 Å². The van der Waals surface area contributed by atoms with E-state index in [0.717, 1.165) is 37.8 Å². The van der Waals surface area contributed by atoms with E-state index in [4.69, 9.17) is 9.47 Å². The van der Waals surface area contributed by atoms with Crippen molar-refractivity contribution in [2.24, 2.45) is 0 Å². The number of halogens is 15. The summed E-state index contributed by atoms with van der Waals surface area (Å²) >= 11 is 0. The van der Waals surface area contributed by atoms with Crippen molar-refractivity contribution in [3.05, 3.63) is 54.1 Å². The Hall–Kier alpha value is -3.87. The molecule has 0 aliphatic carbocycles. The van der Waals surface area contributed by atoms with Crippen molar-refractivity contribution in [3.63, 3.8) is 0 Å². The zero-order chi connectivity index (χ0) is 39.8. The maximum atomic E-state index is 14.1. The summed E-state index contributed by atoms with van der Waals surface area (Å²) in [6.07, 6.45) is -2.20. The number of esters is 2. The molecule has 0 radical (unpaired) electrons. The van der Waals surface area contributed by atoms with Gasteiger partial charge in [0.2, 0.25) is 0 Å². The first kappa shape index (κ1) is 44.3. The van der Waals surface area contributed by atoms with Crippen LogP contribution < -0.4 is 14.2 Å². The number of rotatable bonds is 20. The number of ether oxygens (including phenoxy) is 3. The summed E-state index contributed by atoms with van der Waals surface area (Å²) in [4.78, 5) is 24.2. The van der Waals surface area contributed by atoms with Crippen LogP contribution in [0.1, 0.15) is 75.1 Å². The minimum atomic E-state index is -8.47. The third kappa shape index (κ3) is 9.76. The number of alkyl halides is 15. The van der Waals surface area contributed by atoms with Gasteiger partial charge in [-0.3, -0.25) is 4.79 Å². The molecule has 0 atom stereocenters. The van der Waals surface area contributed by atoms with E-state index in [1.54, 1.807) is 0 Å². The van der Waals surface area contributed by atoms with Crippen molar-refractivity contribution in [1.82, 2.24) is 0 Å². The van der Waals surface area contributed by atoms with Gasteiger partial charge >= 0.3 is 53.7 Å². The molecule has 0 aromatic heterocycles. The summed E-state index contributed by atoms with van der Waals surface area (Å²) in [7, 11) is 0. The van der Waals surface area contributed by atoms with Crippen molar-refractivity contribution in [2.75, 3.05) is 6.61 Å². The number of carbonyl (C=O) groups is 2. The van der Waals surface area contributed by atoms with Gasteiger partial charge in [-0.1, -0.05) is 51.9 Å². The average molecular weight is 781 g/mol. The molecule has 0 amide bonds. The maximum Gasteiger partial charge on any atom is 0.460 e. The Morgan fingerprint density at radius 3 is 1.38 bits per heavy atom. The number of carbonyl (C=O) groups excluding carboxylic acids is 2. The summed E-state index contributed by atoms with van der Waals surface area (Å²) in [5.41, 5.74) is 0.0281. The minimum Gasteiger partial charge on any atom is -0.494 e. The maximum absolute atomic E-state index is 14.1. The molecule has 2 aromatic carbocycles. The fourth-order valence-corrected chi connectivity index (χ4v) is 4.31. The third-order valence-corrected chi connectivity index (χ3v) is 7.38. The molecular formula is C32H31F15O5. The van der Waals surface area contributed by atoms with Crippen molar-refractivity contribution in [2.45, 2.75) is 106 Å². The van der Waals surface area contributed by atoms with Gasteiger partial charge in [0.15, 0.2) is 0 Å². The van der Waals surface area contributed by atoms with E-state index in [2.05, 4.69) is 11.7 Å². The molecule has 2 aromatic rings. The molecule has 0 aliphatic rings. The van der Waals surface area contributed by atoms with Gasteiger partial charge in [-0.05, 0) is 55.0 Å². The van der Waals surface area contributed by atoms with Gasteiger partial charge in [0, 0.05) is 0 Å². The lowest BCUT2D eigenvalue weighted by molar-refractivity contribution is -0.452. The minimum absolute atomic E-state index is 0.0281. The molecule has 5 nitrogen and oxygen atoms in total. The molecular weight excluding hydrogens is 749 g/mol. The molecule has 0 heterocycles. The van der Waals surface area contributed by atoms with E-state index in [9.17, 15) is 75.4 Å². The molecule has 0 saturated carbocycles. The van der Waals surface area contributed by atoms with Gasteiger partial charge in [-0.25, -0.2) is 4.79 Å². The molecule has 52 heavy (non-hydrogen) atoms. The van der Waals surface area contributed by atoms with Crippen LogP contribution in [0.25, 0.3) is 0 Å². The predicted molar refractivity (Wildman–Crippen MR) is 152 cm³/mol. The van der Waals surface area contributed by atoms with Crippen LogP contribution in [0.15, 0.2) is 48.5 Å². The Kier molecular flexibility index (Phi) is 14.4. The fourth-order valence-electron chi connectivity index (χ4n) is 4.31. The van der Waals surface area contributed by atoms with Crippen molar-refractivity contribution < 1.29 is 89.7 Å². The standard InChI is InChI=1S/C32H31F15O5/c1-2-3-4-5-6-7-8-9-18-50-21-12-10-20(11-13-21)25(49)52-23-16-14-22(15-17-23)51-24(48)19-26(33,34)27(35,36)28(37,38)29(39,40)30(41,42)31(43,44)32(45,46)47/h10-17H,2-9,18-19H2,1H3. The fraction of sp³-hybridized carbons (Fsp3) is 0.562. The molecule has 294 valence electrons.